The lowest BCUT2D eigenvalue weighted by atomic mass is 9.98. The van der Waals surface area contributed by atoms with Crippen molar-refractivity contribution < 1.29 is 23.5 Å². The third-order valence-electron chi connectivity index (χ3n) is 4.90. The highest BCUT2D eigenvalue weighted by Gasteiger charge is 2.18. The molecule has 4 N–H and O–H groups in total. The van der Waals surface area contributed by atoms with E-state index in [1.54, 1.807) is 48.7 Å². The molecule has 4 rings (SSSR count). The third-order valence-corrected chi connectivity index (χ3v) is 4.90. The molecule has 4 aromatic rings. The number of rotatable bonds is 6. The minimum absolute atomic E-state index is 0.0903. The molecule has 3 amide bonds. The second-order valence-electron chi connectivity index (χ2n) is 7.16. The molecule has 9 heteroatoms. The molecule has 0 atom stereocenters. The molecular formula is C25H20N4O5. The summed E-state index contributed by atoms with van der Waals surface area (Å²) in [7, 11) is 0. The predicted octanol–water partition coefficient (Wildman–Crippen LogP) is 4.18. The molecule has 0 aliphatic rings. The van der Waals surface area contributed by atoms with Crippen LogP contribution in [0.2, 0.25) is 0 Å². The van der Waals surface area contributed by atoms with E-state index < -0.39 is 17.9 Å². The first-order valence-corrected chi connectivity index (χ1v) is 10.2. The number of oxazole rings is 1. The highest BCUT2D eigenvalue weighted by molar-refractivity contribution is 6.44. The smallest absolute Gasteiger partial charge is 0.404 e. The number of nitrogens with one attached hydrogen (secondary N) is 2. The zero-order chi connectivity index (χ0) is 23.9. The molecule has 0 saturated carbocycles. The predicted molar refractivity (Wildman–Crippen MR) is 125 cm³/mol. The molecule has 0 unspecified atom stereocenters. The van der Waals surface area contributed by atoms with Gasteiger partial charge in [-0.25, -0.2) is 9.78 Å². The Labute approximate surface area is 194 Å². The summed E-state index contributed by atoms with van der Waals surface area (Å²) in [6.45, 7) is -0.0903. The largest absolute Gasteiger partial charge is 0.445 e. The van der Waals surface area contributed by atoms with E-state index in [2.05, 4.69) is 15.6 Å². The maximum Gasteiger partial charge on any atom is 0.404 e. The van der Waals surface area contributed by atoms with Gasteiger partial charge >= 0.3 is 17.9 Å². The Bertz CT molecular complexity index is 1300. The number of benzene rings is 3. The lowest BCUT2D eigenvalue weighted by Crippen LogP contribution is -2.29. The Balaban J connectivity index is 1.52. The highest BCUT2D eigenvalue weighted by Crippen LogP contribution is 2.32. The van der Waals surface area contributed by atoms with Crippen molar-refractivity contribution in [3.8, 4) is 22.5 Å². The lowest BCUT2D eigenvalue weighted by molar-refractivity contribution is -0.132. The molecule has 0 aliphatic carbocycles. The van der Waals surface area contributed by atoms with Crippen LogP contribution >= 0.6 is 0 Å². The Morgan fingerprint density at radius 2 is 1.59 bits per heavy atom. The van der Waals surface area contributed by atoms with Gasteiger partial charge in [-0.2, -0.15) is 0 Å². The number of nitrogens with zero attached hydrogens (tertiary/aromatic N) is 1. The van der Waals surface area contributed by atoms with Crippen molar-refractivity contribution in [1.29, 1.82) is 0 Å². The van der Waals surface area contributed by atoms with Crippen LogP contribution in [0.25, 0.3) is 22.5 Å². The average Bonchev–Trinajstić information content (AvgIpc) is 3.39. The number of hydrogen-bond acceptors (Lipinski definition) is 6. The molecular weight excluding hydrogens is 436 g/mol. The molecule has 1 aromatic heterocycles. The molecule has 0 radical (unpaired) electrons. The summed E-state index contributed by atoms with van der Waals surface area (Å²) in [5, 5.41) is 5.21. The standard InChI is InChI=1S/C25H20N4O5/c26-25(32)33-14-18-7-4-8-20(22(18)17-5-2-1-3-6-17)29-24(31)23(30)28-19-11-9-16(10-12-19)21-13-27-15-34-21/h1-13,15H,14H2,(H2,26,32)(H,28,30)(H,29,31). The van der Waals surface area contributed by atoms with Crippen LogP contribution in [0.15, 0.2) is 89.8 Å². The van der Waals surface area contributed by atoms with Crippen LogP contribution in [0.5, 0.6) is 0 Å². The van der Waals surface area contributed by atoms with Crippen molar-refractivity contribution in [1.82, 2.24) is 4.98 Å². The lowest BCUT2D eigenvalue weighted by Gasteiger charge is -2.16. The van der Waals surface area contributed by atoms with E-state index in [9.17, 15) is 14.4 Å². The minimum Gasteiger partial charge on any atom is -0.445 e. The van der Waals surface area contributed by atoms with Crippen LogP contribution in [0, 0.1) is 0 Å². The molecule has 0 bridgehead atoms. The van der Waals surface area contributed by atoms with Gasteiger partial charge in [0, 0.05) is 22.5 Å². The Morgan fingerprint density at radius 1 is 0.853 bits per heavy atom. The average molecular weight is 456 g/mol. The fourth-order valence-electron chi connectivity index (χ4n) is 3.36. The van der Waals surface area contributed by atoms with Crippen molar-refractivity contribution in [3.05, 3.63) is 91.0 Å². The molecule has 0 fully saturated rings. The van der Waals surface area contributed by atoms with E-state index >= 15 is 0 Å². The number of nitrogens with two attached hydrogens (primary N) is 1. The first-order chi connectivity index (χ1) is 16.5. The van der Waals surface area contributed by atoms with Crippen molar-refractivity contribution in [2.45, 2.75) is 6.61 Å². The monoisotopic (exact) mass is 456 g/mol. The van der Waals surface area contributed by atoms with Crippen LogP contribution in [-0.2, 0) is 20.9 Å². The van der Waals surface area contributed by atoms with Gasteiger partial charge in [0.05, 0.1) is 6.20 Å². The van der Waals surface area contributed by atoms with Crippen molar-refractivity contribution in [2.75, 3.05) is 10.6 Å². The van der Waals surface area contributed by atoms with Gasteiger partial charge in [0.1, 0.15) is 6.61 Å². The van der Waals surface area contributed by atoms with E-state index in [0.29, 0.717) is 28.3 Å². The second kappa shape index (κ2) is 10.1. The summed E-state index contributed by atoms with van der Waals surface area (Å²) < 4.78 is 10.2. The fourth-order valence-corrected chi connectivity index (χ4v) is 3.36. The summed E-state index contributed by atoms with van der Waals surface area (Å²) in [5.74, 6) is -1.11. The van der Waals surface area contributed by atoms with Gasteiger partial charge < -0.3 is 25.5 Å². The van der Waals surface area contributed by atoms with Gasteiger partial charge in [0.25, 0.3) is 0 Å². The van der Waals surface area contributed by atoms with Gasteiger partial charge in [-0.15, -0.1) is 0 Å². The van der Waals surface area contributed by atoms with Crippen LogP contribution in [0.1, 0.15) is 5.56 Å². The molecule has 3 aromatic carbocycles. The number of anilines is 2. The summed E-state index contributed by atoms with van der Waals surface area (Å²) in [5.41, 5.74) is 8.71. The van der Waals surface area contributed by atoms with Gasteiger partial charge in [-0.3, -0.25) is 9.59 Å². The second-order valence-corrected chi connectivity index (χ2v) is 7.16. The Morgan fingerprint density at radius 3 is 2.26 bits per heavy atom. The SMILES string of the molecule is NC(=O)OCc1cccc(NC(=O)C(=O)Nc2ccc(-c3cnco3)cc2)c1-c1ccccc1. The number of carbonyl (C=O) groups excluding carboxylic acids is 3. The van der Waals surface area contributed by atoms with Crippen molar-refractivity contribution in [3.63, 3.8) is 0 Å². The topological polar surface area (TPSA) is 137 Å². The molecule has 170 valence electrons. The van der Waals surface area contributed by atoms with Crippen LogP contribution in [0.4, 0.5) is 16.2 Å². The zero-order valence-electron chi connectivity index (χ0n) is 17.9. The first-order valence-electron chi connectivity index (χ1n) is 10.2. The van der Waals surface area contributed by atoms with E-state index in [4.69, 9.17) is 14.9 Å². The van der Waals surface area contributed by atoms with Crippen LogP contribution in [-0.4, -0.2) is 22.9 Å². The van der Waals surface area contributed by atoms with Crippen molar-refractivity contribution >= 4 is 29.3 Å². The van der Waals surface area contributed by atoms with E-state index in [0.717, 1.165) is 11.1 Å². The highest BCUT2D eigenvalue weighted by atomic mass is 16.5. The number of primary amides is 1. The molecule has 34 heavy (non-hydrogen) atoms. The number of ether oxygens (including phenoxy) is 1. The Kier molecular flexibility index (Phi) is 6.64. The van der Waals surface area contributed by atoms with E-state index in [1.165, 1.54) is 6.39 Å². The summed E-state index contributed by atoms with van der Waals surface area (Å²) in [6.07, 6.45) is 1.99. The summed E-state index contributed by atoms with van der Waals surface area (Å²) in [4.78, 5) is 40.2. The van der Waals surface area contributed by atoms with Gasteiger partial charge in [0.15, 0.2) is 12.2 Å². The summed E-state index contributed by atoms with van der Waals surface area (Å²) >= 11 is 0. The molecule has 0 spiro atoms. The van der Waals surface area contributed by atoms with E-state index in [-0.39, 0.29) is 6.61 Å². The first kappa shape index (κ1) is 22.3. The number of hydrogen-bond donors (Lipinski definition) is 3. The minimum atomic E-state index is -0.915. The normalized spacial score (nSPS) is 10.4. The Hall–Kier alpha value is -4.92. The number of aromatic nitrogens is 1. The van der Waals surface area contributed by atoms with Crippen molar-refractivity contribution in [2.24, 2.45) is 5.73 Å². The van der Waals surface area contributed by atoms with Crippen LogP contribution in [0.3, 0.4) is 0 Å². The fraction of sp³-hybridized carbons (Fsp3) is 0.0400. The molecule has 0 aliphatic heterocycles. The zero-order valence-corrected chi connectivity index (χ0v) is 17.9. The molecule has 9 nitrogen and oxygen atoms in total. The molecule has 0 saturated heterocycles. The molecule has 1 heterocycles. The summed E-state index contributed by atoms with van der Waals surface area (Å²) in [6, 6.07) is 21.1. The van der Waals surface area contributed by atoms with Crippen LogP contribution < -0.4 is 16.4 Å². The van der Waals surface area contributed by atoms with Gasteiger partial charge in [-0.05, 0) is 41.5 Å². The van der Waals surface area contributed by atoms with E-state index in [1.807, 2.05) is 30.3 Å². The number of amides is 3. The quantitative estimate of drug-likeness (QED) is 0.372. The van der Waals surface area contributed by atoms with Gasteiger partial charge in [0.2, 0.25) is 0 Å². The third kappa shape index (κ3) is 5.28. The van der Waals surface area contributed by atoms with Gasteiger partial charge in [-0.1, -0.05) is 42.5 Å². The maximum absolute atomic E-state index is 12.7. The number of carbonyl (C=O) groups is 3. The maximum atomic E-state index is 12.7.